The van der Waals surface area contributed by atoms with Gasteiger partial charge in [-0.25, -0.2) is 0 Å². The van der Waals surface area contributed by atoms with Gasteiger partial charge in [0.15, 0.2) is 5.43 Å². The number of pyridine rings is 1. The summed E-state index contributed by atoms with van der Waals surface area (Å²) in [6, 6.07) is 8.17. The predicted molar refractivity (Wildman–Crippen MR) is 64.1 cm³/mol. The molecule has 0 aliphatic carbocycles. The Bertz CT molecular complexity index is 655. The van der Waals surface area contributed by atoms with Crippen molar-refractivity contribution in [2.75, 3.05) is 0 Å². The second-order valence-corrected chi connectivity index (χ2v) is 3.84. The Hall–Kier alpha value is -2.23. The van der Waals surface area contributed by atoms with E-state index in [9.17, 15) is 14.4 Å². The smallest absolute Gasteiger partial charge is 0.238 e. The van der Waals surface area contributed by atoms with Crippen LogP contribution in [0.2, 0.25) is 0 Å². The SMILES string of the molecule is CC(=O)CC(=O)n1ccc(=O)c2ccccc21. The Morgan fingerprint density at radius 3 is 2.59 bits per heavy atom. The van der Waals surface area contributed by atoms with Crippen LogP contribution in [-0.2, 0) is 4.79 Å². The van der Waals surface area contributed by atoms with Crippen molar-refractivity contribution in [3.05, 3.63) is 46.8 Å². The normalized spacial score (nSPS) is 10.4. The maximum Gasteiger partial charge on any atom is 0.238 e. The van der Waals surface area contributed by atoms with E-state index in [2.05, 4.69) is 0 Å². The van der Waals surface area contributed by atoms with Gasteiger partial charge in [-0.15, -0.1) is 0 Å². The first-order valence-electron chi connectivity index (χ1n) is 5.22. The molecular weight excluding hydrogens is 218 g/mol. The van der Waals surface area contributed by atoms with Gasteiger partial charge in [-0.2, -0.15) is 0 Å². The molecule has 0 bridgehead atoms. The van der Waals surface area contributed by atoms with E-state index in [-0.39, 0.29) is 23.5 Å². The van der Waals surface area contributed by atoms with Gasteiger partial charge in [0, 0.05) is 17.6 Å². The van der Waals surface area contributed by atoms with Crippen LogP contribution in [0.1, 0.15) is 18.1 Å². The second-order valence-electron chi connectivity index (χ2n) is 3.84. The van der Waals surface area contributed by atoms with Crippen LogP contribution in [0.5, 0.6) is 0 Å². The van der Waals surface area contributed by atoms with Gasteiger partial charge in [-0.05, 0) is 19.1 Å². The predicted octanol–water partition coefficient (Wildman–Crippen LogP) is 1.62. The van der Waals surface area contributed by atoms with E-state index in [4.69, 9.17) is 0 Å². The number of ketones is 1. The maximum absolute atomic E-state index is 11.8. The minimum Gasteiger partial charge on any atom is -0.299 e. The monoisotopic (exact) mass is 229 g/mol. The molecule has 4 nitrogen and oxygen atoms in total. The first-order valence-corrected chi connectivity index (χ1v) is 5.22. The molecular formula is C13H11NO3. The highest BCUT2D eigenvalue weighted by atomic mass is 16.2. The largest absolute Gasteiger partial charge is 0.299 e. The van der Waals surface area contributed by atoms with Crippen molar-refractivity contribution in [3.63, 3.8) is 0 Å². The van der Waals surface area contributed by atoms with Crippen LogP contribution in [0, 0.1) is 0 Å². The standard InChI is InChI=1S/C13H11NO3/c1-9(15)8-13(17)14-7-6-12(16)10-4-2-3-5-11(10)14/h2-7H,8H2,1H3. The van der Waals surface area contributed by atoms with Crippen molar-refractivity contribution in [2.24, 2.45) is 0 Å². The highest BCUT2D eigenvalue weighted by molar-refractivity contribution is 6.01. The molecule has 2 aromatic rings. The molecule has 0 N–H and O–H groups in total. The molecule has 0 radical (unpaired) electrons. The quantitative estimate of drug-likeness (QED) is 0.735. The van der Waals surface area contributed by atoms with Gasteiger partial charge in [0.1, 0.15) is 5.78 Å². The highest BCUT2D eigenvalue weighted by Crippen LogP contribution is 2.10. The van der Waals surface area contributed by atoms with Crippen molar-refractivity contribution < 1.29 is 9.59 Å². The van der Waals surface area contributed by atoms with E-state index in [1.54, 1.807) is 24.3 Å². The van der Waals surface area contributed by atoms with Crippen molar-refractivity contribution >= 4 is 22.6 Å². The molecule has 0 amide bonds. The first kappa shape index (κ1) is 11.3. The topological polar surface area (TPSA) is 56.1 Å². The molecule has 0 aliphatic heterocycles. The number of hydrogen-bond donors (Lipinski definition) is 0. The number of carbonyl (C=O) groups is 2. The average Bonchev–Trinajstić information content (AvgIpc) is 2.29. The number of Topliss-reactive ketones (excluding diaryl/α,β-unsaturated/α-hetero) is 1. The molecule has 4 heteroatoms. The lowest BCUT2D eigenvalue weighted by Crippen LogP contribution is -2.17. The summed E-state index contributed by atoms with van der Waals surface area (Å²) in [6.45, 7) is 1.36. The summed E-state index contributed by atoms with van der Waals surface area (Å²) in [7, 11) is 0. The van der Waals surface area contributed by atoms with E-state index in [1.165, 1.54) is 23.8 Å². The van der Waals surface area contributed by atoms with Crippen LogP contribution >= 0.6 is 0 Å². The third kappa shape index (κ3) is 2.15. The molecule has 0 unspecified atom stereocenters. The highest BCUT2D eigenvalue weighted by Gasteiger charge is 2.10. The minimum atomic E-state index is -0.325. The Morgan fingerprint density at radius 2 is 1.88 bits per heavy atom. The van der Waals surface area contributed by atoms with Crippen molar-refractivity contribution in [1.82, 2.24) is 4.57 Å². The van der Waals surface area contributed by atoms with Gasteiger partial charge >= 0.3 is 0 Å². The summed E-state index contributed by atoms with van der Waals surface area (Å²) < 4.78 is 1.35. The third-order valence-electron chi connectivity index (χ3n) is 2.47. The van der Waals surface area contributed by atoms with Gasteiger partial charge in [0.25, 0.3) is 0 Å². The van der Waals surface area contributed by atoms with E-state index in [0.717, 1.165) is 0 Å². The molecule has 0 fully saturated rings. The number of carbonyl (C=O) groups excluding carboxylic acids is 2. The summed E-state index contributed by atoms with van der Waals surface area (Å²) in [5.41, 5.74) is 0.402. The molecule has 17 heavy (non-hydrogen) atoms. The van der Waals surface area contributed by atoms with Crippen molar-refractivity contribution in [3.8, 4) is 0 Å². The molecule has 86 valence electrons. The van der Waals surface area contributed by atoms with E-state index < -0.39 is 0 Å². The fourth-order valence-corrected chi connectivity index (χ4v) is 1.72. The lowest BCUT2D eigenvalue weighted by molar-refractivity contribution is -0.116. The minimum absolute atomic E-state index is 0.132. The Labute approximate surface area is 97.5 Å². The van der Waals surface area contributed by atoms with Gasteiger partial charge in [0.2, 0.25) is 5.91 Å². The fraction of sp³-hybridized carbons (Fsp3) is 0.154. The number of nitrogens with zero attached hydrogens (tertiary/aromatic N) is 1. The van der Waals surface area contributed by atoms with Crippen molar-refractivity contribution in [1.29, 1.82) is 0 Å². The Kier molecular flexibility index (Phi) is 2.87. The molecule has 1 heterocycles. The van der Waals surface area contributed by atoms with Gasteiger partial charge in [-0.3, -0.25) is 19.0 Å². The molecule has 0 saturated carbocycles. The van der Waals surface area contributed by atoms with E-state index in [1.807, 2.05) is 0 Å². The maximum atomic E-state index is 11.8. The Balaban J connectivity index is 2.63. The van der Waals surface area contributed by atoms with Crippen LogP contribution in [0.15, 0.2) is 41.3 Å². The van der Waals surface area contributed by atoms with Crippen LogP contribution in [0.3, 0.4) is 0 Å². The molecule has 1 aromatic carbocycles. The summed E-state index contributed by atoms with van der Waals surface area (Å²) >= 11 is 0. The number of benzene rings is 1. The molecule has 0 spiro atoms. The third-order valence-corrected chi connectivity index (χ3v) is 2.47. The molecule has 0 atom stereocenters. The van der Waals surface area contributed by atoms with Gasteiger partial charge in [-0.1, -0.05) is 12.1 Å². The summed E-state index contributed by atoms with van der Waals surface area (Å²) in [4.78, 5) is 34.3. The van der Waals surface area contributed by atoms with Crippen LogP contribution < -0.4 is 5.43 Å². The van der Waals surface area contributed by atoms with Crippen LogP contribution in [0.4, 0.5) is 0 Å². The number of rotatable bonds is 2. The zero-order valence-corrected chi connectivity index (χ0v) is 9.34. The van der Waals surface area contributed by atoms with Crippen LogP contribution in [0.25, 0.3) is 10.9 Å². The van der Waals surface area contributed by atoms with E-state index in [0.29, 0.717) is 10.9 Å². The molecule has 0 saturated heterocycles. The number of fused-ring (bicyclic) bond motifs is 1. The first-order chi connectivity index (χ1) is 8.09. The number of para-hydroxylation sites is 1. The lowest BCUT2D eigenvalue weighted by atomic mass is 10.2. The van der Waals surface area contributed by atoms with Gasteiger partial charge < -0.3 is 0 Å². The van der Waals surface area contributed by atoms with Crippen LogP contribution in [-0.4, -0.2) is 16.3 Å². The molecule has 2 rings (SSSR count). The Morgan fingerprint density at radius 1 is 1.18 bits per heavy atom. The zero-order valence-electron chi connectivity index (χ0n) is 9.34. The van der Waals surface area contributed by atoms with Crippen molar-refractivity contribution in [2.45, 2.75) is 13.3 Å². The molecule has 0 aliphatic rings. The summed E-state index contributed by atoms with van der Waals surface area (Å²) in [5, 5.41) is 0.479. The lowest BCUT2D eigenvalue weighted by Gasteiger charge is -2.07. The summed E-state index contributed by atoms with van der Waals surface area (Å²) in [5.74, 6) is -0.522. The molecule has 1 aromatic heterocycles. The second kappa shape index (κ2) is 4.33. The van der Waals surface area contributed by atoms with E-state index >= 15 is 0 Å². The zero-order chi connectivity index (χ0) is 12.4. The summed E-state index contributed by atoms with van der Waals surface area (Å²) in [6.07, 6.45) is 1.25. The van der Waals surface area contributed by atoms with Gasteiger partial charge in [0.05, 0.1) is 11.9 Å². The number of hydrogen-bond acceptors (Lipinski definition) is 3. The average molecular weight is 229 g/mol. The fourth-order valence-electron chi connectivity index (χ4n) is 1.72. The number of aromatic nitrogens is 1.